The quantitative estimate of drug-likeness (QED) is 0.684. The van der Waals surface area contributed by atoms with Crippen molar-refractivity contribution in [3.8, 4) is 5.69 Å². The first-order valence-electron chi connectivity index (χ1n) is 8.53. The van der Waals surface area contributed by atoms with Gasteiger partial charge < -0.3 is 0 Å². The molecule has 7 heteroatoms. The molecule has 6 nitrogen and oxygen atoms in total. The van der Waals surface area contributed by atoms with Crippen LogP contribution in [0.5, 0.6) is 0 Å². The monoisotopic (exact) mass is 370 g/mol. The Morgan fingerprint density at radius 1 is 1.31 bits per heavy atom. The first-order valence-corrected chi connectivity index (χ1v) is 10.2. The second-order valence-corrected chi connectivity index (χ2v) is 8.99. The fourth-order valence-electron chi connectivity index (χ4n) is 2.64. The van der Waals surface area contributed by atoms with E-state index in [4.69, 9.17) is 0 Å². The van der Waals surface area contributed by atoms with Crippen LogP contribution in [0.25, 0.3) is 16.6 Å². The van der Waals surface area contributed by atoms with Crippen molar-refractivity contribution in [1.82, 2.24) is 14.8 Å². The summed E-state index contributed by atoms with van der Waals surface area (Å²) in [5.74, 6) is 0.340. The van der Waals surface area contributed by atoms with Gasteiger partial charge in [0, 0.05) is 35.4 Å². The fraction of sp³-hybridized carbons (Fsp3) is 0.316. The smallest absolute Gasteiger partial charge is 0.250 e. The summed E-state index contributed by atoms with van der Waals surface area (Å²) in [6.45, 7) is 5.47. The van der Waals surface area contributed by atoms with Gasteiger partial charge in [-0.25, -0.2) is 8.89 Å². The van der Waals surface area contributed by atoms with Crippen molar-refractivity contribution in [3.63, 3.8) is 0 Å². The van der Waals surface area contributed by atoms with Crippen LogP contribution in [-0.2, 0) is 14.5 Å². The van der Waals surface area contributed by atoms with Gasteiger partial charge in [-0.1, -0.05) is 13.8 Å². The van der Waals surface area contributed by atoms with Crippen molar-refractivity contribution in [2.45, 2.75) is 32.1 Å². The molecule has 1 amide bonds. The zero-order chi connectivity index (χ0) is 18.7. The Bertz CT molecular complexity index is 1050. The normalized spacial score (nSPS) is 13.7. The van der Waals surface area contributed by atoms with Crippen LogP contribution in [0.2, 0.25) is 0 Å². The Labute approximate surface area is 153 Å². The van der Waals surface area contributed by atoms with Crippen LogP contribution in [-0.4, -0.2) is 30.6 Å². The fourth-order valence-corrected chi connectivity index (χ4v) is 4.87. The summed E-state index contributed by atoms with van der Waals surface area (Å²) in [7, 11) is -2.78. The third-order valence-electron chi connectivity index (χ3n) is 4.00. The number of amides is 1. The molecule has 0 fully saturated rings. The molecule has 0 bridgehead atoms. The SMILES string of the molecule is CC(=O)N=S(=O)(CCC(C)C)c1ccc2nn(-c3cccnc3)cc2c1. The highest BCUT2D eigenvalue weighted by atomic mass is 32.2. The maximum atomic E-state index is 13.4. The third-order valence-corrected chi connectivity index (χ3v) is 6.33. The summed E-state index contributed by atoms with van der Waals surface area (Å²) in [5.41, 5.74) is 1.63. The zero-order valence-corrected chi connectivity index (χ0v) is 15.9. The first kappa shape index (κ1) is 18.3. The molecule has 136 valence electrons. The summed E-state index contributed by atoms with van der Waals surface area (Å²) in [6, 6.07) is 9.17. The first-order chi connectivity index (χ1) is 12.4. The van der Waals surface area contributed by atoms with Crippen molar-refractivity contribution < 1.29 is 9.00 Å². The number of nitrogens with zero attached hydrogens (tertiary/aromatic N) is 4. The summed E-state index contributed by atoms with van der Waals surface area (Å²) in [5, 5.41) is 5.38. The Hall–Kier alpha value is -2.54. The lowest BCUT2D eigenvalue weighted by Gasteiger charge is -2.11. The van der Waals surface area contributed by atoms with Gasteiger partial charge in [0.1, 0.15) is 0 Å². The molecule has 3 aromatic rings. The molecule has 0 aliphatic carbocycles. The van der Waals surface area contributed by atoms with Crippen molar-refractivity contribution in [2.24, 2.45) is 10.3 Å². The highest BCUT2D eigenvalue weighted by Gasteiger charge is 2.16. The maximum absolute atomic E-state index is 13.4. The second kappa shape index (κ2) is 7.37. The van der Waals surface area contributed by atoms with E-state index in [2.05, 4.69) is 28.3 Å². The molecule has 2 aromatic heterocycles. The molecule has 0 saturated carbocycles. The Morgan fingerprint density at radius 2 is 2.12 bits per heavy atom. The Kier molecular flexibility index (Phi) is 5.18. The van der Waals surface area contributed by atoms with Crippen molar-refractivity contribution in [1.29, 1.82) is 0 Å². The van der Waals surface area contributed by atoms with Gasteiger partial charge >= 0.3 is 0 Å². The summed E-state index contributed by atoms with van der Waals surface area (Å²) >= 11 is 0. The molecule has 1 atom stereocenters. The molecule has 0 spiro atoms. The van der Waals surface area contributed by atoms with E-state index in [-0.39, 0.29) is 0 Å². The Morgan fingerprint density at radius 3 is 2.77 bits per heavy atom. The predicted octanol–water partition coefficient (Wildman–Crippen LogP) is 3.84. The van der Waals surface area contributed by atoms with Crippen molar-refractivity contribution >= 4 is 26.5 Å². The van der Waals surface area contributed by atoms with Crippen molar-refractivity contribution in [3.05, 3.63) is 48.9 Å². The van der Waals surface area contributed by atoms with Gasteiger partial charge in [0.25, 0.3) is 5.91 Å². The molecular formula is C19H22N4O2S. The maximum Gasteiger partial charge on any atom is 0.250 e. The number of pyridine rings is 1. The zero-order valence-electron chi connectivity index (χ0n) is 15.1. The summed E-state index contributed by atoms with van der Waals surface area (Å²) in [6.07, 6.45) is 6.04. The highest BCUT2D eigenvalue weighted by Crippen LogP contribution is 2.23. The average molecular weight is 370 g/mol. The van der Waals surface area contributed by atoms with E-state index in [0.29, 0.717) is 16.6 Å². The average Bonchev–Trinajstić information content (AvgIpc) is 3.03. The molecule has 26 heavy (non-hydrogen) atoms. The number of aromatic nitrogens is 3. The number of hydrogen-bond acceptors (Lipinski definition) is 4. The van der Waals surface area contributed by atoms with Gasteiger partial charge in [-0.2, -0.15) is 9.46 Å². The van der Waals surface area contributed by atoms with Gasteiger partial charge in [0.15, 0.2) is 0 Å². The van der Waals surface area contributed by atoms with Crippen LogP contribution in [0.15, 0.2) is 58.2 Å². The molecule has 3 rings (SSSR count). The molecule has 0 radical (unpaired) electrons. The molecule has 2 heterocycles. The number of carbonyl (C=O) groups excluding carboxylic acids is 1. The molecular weight excluding hydrogens is 348 g/mol. The largest absolute Gasteiger partial charge is 0.272 e. The topological polar surface area (TPSA) is 77.2 Å². The molecule has 0 aliphatic heterocycles. The minimum absolute atomic E-state index is 0.368. The summed E-state index contributed by atoms with van der Waals surface area (Å²) < 4.78 is 19.1. The van der Waals surface area contributed by atoms with Crippen LogP contribution < -0.4 is 0 Å². The van der Waals surface area contributed by atoms with E-state index in [1.165, 1.54) is 6.92 Å². The Balaban J connectivity index is 2.06. The van der Waals surface area contributed by atoms with Gasteiger partial charge in [-0.15, -0.1) is 0 Å². The minimum atomic E-state index is -2.78. The van der Waals surface area contributed by atoms with Crippen molar-refractivity contribution in [2.75, 3.05) is 5.75 Å². The highest BCUT2D eigenvalue weighted by molar-refractivity contribution is 7.94. The van der Waals surface area contributed by atoms with Gasteiger partial charge in [-0.3, -0.25) is 9.78 Å². The van der Waals surface area contributed by atoms with Crippen LogP contribution in [0.3, 0.4) is 0 Å². The van der Waals surface area contributed by atoms with Gasteiger partial charge in [0.2, 0.25) is 0 Å². The van der Waals surface area contributed by atoms with Crippen LogP contribution >= 0.6 is 0 Å². The van der Waals surface area contributed by atoms with Crippen LogP contribution in [0, 0.1) is 5.92 Å². The van der Waals surface area contributed by atoms with Gasteiger partial charge in [0.05, 0.1) is 27.1 Å². The van der Waals surface area contributed by atoms with E-state index < -0.39 is 15.6 Å². The van der Waals surface area contributed by atoms with Crippen LogP contribution in [0.1, 0.15) is 27.2 Å². The lowest BCUT2D eigenvalue weighted by Crippen LogP contribution is -2.11. The molecule has 0 saturated heterocycles. The standard InChI is InChI=1S/C19H22N4O2S/c1-14(2)8-10-26(25,22-15(3)24)18-6-7-19-16(11-18)13-23(21-19)17-5-4-9-20-12-17/h4-7,9,11-14H,8,10H2,1-3H3. The second-order valence-electron chi connectivity index (χ2n) is 6.64. The molecule has 0 aliphatic rings. The predicted molar refractivity (Wildman–Crippen MR) is 103 cm³/mol. The van der Waals surface area contributed by atoms with Gasteiger partial charge in [-0.05, 0) is 42.7 Å². The van der Waals surface area contributed by atoms with E-state index in [0.717, 1.165) is 23.0 Å². The lowest BCUT2D eigenvalue weighted by atomic mass is 10.2. The minimum Gasteiger partial charge on any atom is -0.272 e. The lowest BCUT2D eigenvalue weighted by molar-refractivity contribution is -0.115. The van der Waals surface area contributed by atoms with E-state index in [1.54, 1.807) is 23.1 Å². The van der Waals surface area contributed by atoms with Crippen LogP contribution in [0.4, 0.5) is 0 Å². The van der Waals surface area contributed by atoms with E-state index in [9.17, 15) is 9.00 Å². The third kappa shape index (κ3) is 3.99. The summed E-state index contributed by atoms with van der Waals surface area (Å²) in [4.78, 5) is 16.2. The number of fused-ring (bicyclic) bond motifs is 1. The number of benzene rings is 1. The number of rotatable bonds is 5. The molecule has 1 unspecified atom stereocenters. The number of hydrogen-bond donors (Lipinski definition) is 0. The molecule has 0 N–H and O–H groups in total. The van der Waals surface area contributed by atoms with E-state index in [1.807, 2.05) is 30.5 Å². The number of carbonyl (C=O) groups is 1. The van der Waals surface area contributed by atoms with E-state index >= 15 is 0 Å². The molecule has 1 aromatic carbocycles.